The van der Waals surface area contributed by atoms with Crippen LogP contribution in [0.3, 0.4) is 0 Å². The molecule has 0 saturated carbocycles. The standard InChI is InChI=1S/C48H49N3O/c1-46(2,3)35-26-33(25-34(27-35)41-28-32(23-24-49-41)31-17-12-10-13-18-31)38-21-16-22-42-43(38)50-45(51(42)37-19-14-11-15-20-37)39-29-36(47(4,5)6)30-40(44(39)52)48(7,8)9/h10-30,52H,1-9H3/i10D,12D,13D,17D,18D. The summed E-state index contributed by atoms with van der Waals surface area (Å²) in [5.74, 6) is 0.851. The number of hydrogen-bond donors (Lipinski definition) is 1. The fourth-order valence-corrected chi connectivity index (χ4v) is 6.66. The highest BCUT2D eigenvalue weighted by atomic mass is 16.3. The van der Waals surface area contributed by atoms with Crippen LogP contribution in [0, 0.1) is 0 Å². The predicted octanol–water partition coefficient (Wildman–Crippen LogP) is 12.7. The van der Waals surface area contributed by atoms with Crippen molar-refractivity contribution in [1.82, 2.24) is 14.5 Å². The molecular weight excluding hydrogens is 635 g/mol. The molecule has 0 spiro atoms. The molecular formula is C48H49N3O. The first-order valence-corrected chi connectivity index (χ1v) is 17.8. The summed E-state index contributed by atoms with van der Waals surface area (Å²) in [5, 5.41) is 12.1. The Bertz CT molecular complexity index is 2670. The molecule has 2 aromatic heterocycles. The van der Waals surface area contributed by atoms with Crippen LogP contribution in [0.25, 0.3) is 61.6 Å². The van der Waals surface area contributed by atoms with Crippen molar-refractivity contribution in [2.24, 2.45) is 0 Å². The first kappa shape index (κ1) is 29.1. The maximum absolute atomic E-state index is 12.1. The summed E-state index contributed by atoms with van der Waals surface area (Å²) in [6.45, 7) is 19.4. The van der Waals surface area contributed by atoms with Crippen molar-refractivity contribution < 1.29 is 12.0 Å². The molecule has 0 amide bonds. The van der Waals surface area contributed by atoms with Gasteiger partial charge in [0.05, 0.1) is 29.1 Å². The van der Waals surface area contributed by atoms with Gasteiger partial charge in [0.2, 0.25) is 0 Å². The summed E-state index contributed by atoms with van der Waals surface area (Å²) in [6, 6.07) is 28.6. The van der Waals surface area contributed by atoms with Crippen LogP contribution in [0.5, 0.6) is 5.75 Å². The molecule has 0 aliphatic carbocycles. The molecule has 0 aliphatic heterocycles. The molecule has 0 unspecified atom stereocenters. The van der Waals surface area contributed by atoms with Gasteiger partial charge in [0, 0.05) is 28.6 Å². The van der Waals surface area contributed by atoms with E-state index in [0.29, 0.717) is 22.6 Å². The highest BCUT2D eigenvalue weighted by Gasteiger charge is 2.29. The van der Waals surface area contributed by atoms with Gasteiger partial charge in [-0.2, -0.15) is 0 Å². The zero-order chi connectivity index (χ0) is 41.4. The quantitative estimate of drug-likeness (QED) is 0.196. The molecule has 52 heavy (non-hydrogen) atoms. The number of aromatic hydroxyl groups is 1. The third-order valence-corrected chi connectivity index (χ3v) is 9.68. The zero-order valence-corrected chi connectivity index (χ0v) is 31.5. The minimum absolute atomic E-state index is 0.133. The molecule has 4 heteroatoms. The van der Waals surface area contributed by atoms with E-state index in [4.69, 9.17) is 16.8 Å². The number of pyridine rings is 1. The SMILES string of the molecule is [2H]c1c([2H])c([2H])c(-c2ccnc(-c3cc(-c4cccc5c4nc(-c4cc(C(C)(C)C)cc(C(C)(C)C)c4O)n5-c4ccccc4)cc(C(C)(C)C)c3)c2)c([2H])c1[2H]. The average molecular weight is 689 g/mol. The lowest BCUT2D eigenvalue weighted by molar-refractivity contribution is 0.446. The number of aromatic nitrogens is 3. The van der Waals surface area contributed by atoms with Crippen molar-refractivity contribution >= 4 is 11.0 Å². The molecule has 0 bridgehead atoms. The first-order chi connectivity index (χ1) is 26.7. The van der Waals surface area contributed by atoms with Crippen molar-refractivity contribution in [3.8, 4) is 56.3 Å². The van der Waals surface area contributed by atoms with Gasteiger partial charge < -0.3 is 5.11 Å². The third kappa shape index (κ3) is 6.66. The van der Waals surface area contributed by atoms with Gasteiger partial charge in [0.15, 0.2) is 0 Å². The Morgan fingerprint density at radius 3 is 1.94 bits per heavy atom. The van der Waals surface area contributed by atoms with Crippen molar-refractivity contribution in [2.45, 2.75) is 78.6 Å². The van der Waals surface area contributed by atoms with Crippen LogP contribution < -0.4 is 0 Å². The molecule has 0 atom stereocenters. The second kappa shape index (κ2) is 12.9. The molecule has 1 N–H and O–H groups in total. The molecule has 262 valence electrons. The van der Waals surface area contributed by atoms with Crippen LogP contribution in [0.15, 0.2) is 127 Å². The fourth-order valence-electron chi connectivity index (χ4n) is 6.66. The van der Waals surface area contributed by atoms with Crippen LogP contribution in [0.1, 0.15) is 85.9 Å². The lowest BCUT2D eigenvalue weighted by Crippen LogP contribution is -2.17. The van der Waals surface area contributed by atoms with Crippen LogP contribution >= 0.6 is 0 Å². The average Bonchev–Trinajstić information content (AvgIpc) is 3.55. The normalized spacial score (nSPS) is 13.8. The summed E-state index contributed by atoms with van der Waals surface area (Å²) < 4.78 is 44.0. The summed E-state index contributed by atoms with van der Waals surface area (Å²) in [6.07, 6.45) is 1.62. The largest absolute Gasteiger partial charge is 0.507 e. The smallest absolute Gasteiger partial charge is 0.149 e. The highest BCUT2D eigenvalue weighted by Crippen LogP contribution is 2.44. The van der Waals surface area contributed by atoms with Gasteiger partial charge in [-0.25, -0.2) is 4.98 Å². The minimum Gasteiger partial charge on any atom is -0.507 e. The summed E-state index contributed by atoms with van der Waals surface area (Å²) in [4.78, 5) is 10.2. The molecule has 0 saturated heterocycles. The monoisotopic (exact) mass is 688 g/mol. The number of benzene rings is 5. The van der Waals surface area contributed by atoms with Gasteiger partial charge in [-0.05, 0) is 92.6 Å². The van der Waals surface area contributed by atoms with Crippen LogP contribution in [-0.4, -0.2) is 19.6 Å². The summed E-state index contributed by atoms with van der Waals surface area (Å²) in [7, 11) is 0. The van der Waals surface area contributed by atoms with E-state index in [1.165, 1.54) is 0 Å². The first-order valence-electron chi connectivity index (χ1n) is 20.3. The fraction of sp³-hybridized carbons (Fsp3) is 0.250. The molecule has 0 aliphatic rings. The molecule has 7 aromatic rings. The lowest BCUT2D eigenvalue weighted by Gasteiger charge is -2.27. The second-order valence-electron chi connectivity index (χ2n) is 16.7. The van der Waals surface area contributed by atoms with Crippen LogP contribution in [0.4, 0.5) is 0 Å². The number of rotatable bonds is 5. The maximum atomic E-state index is 12.1. The lowest BCUT2D eigenvalue weighted by atomic mass is 9.79. The van der Waals surface area contributed by atoms with Crippen molar-refractivity contribution in [3.63, 3.8) is 0 Å². The van der Waals surface area contributed by atoms with Crippen molar-refractivity contribution in [2.75, 3.05) is 0 Å². The molecule has 0 fully saturated rings. The van der Waals surface area contributed by atoms with Crippen molar-refractivity contribution in [3.05, 3.63) is 144 Å². The Hall–Kier alpha value is -5.48. The Labute approximate surface area is 315 Å². The number of fused-ring (bicyclic) bond motifs is 1. The van der Waals surface area contributed by atoms with E-state index >= 15 is 0 Å². The zero-order valence-electron chi connectivity index (χ0n) is 36.5. The van der Waals surface area contributed by atoms with Gasteiger partial charge in [-0.15, -0.1) is 0 Å². The van der Waals surface area contributed by atoms with Gasteiger partial charge in [-0.3, -0.25) is 9.55 Å². The maximum Gasteiger partial charge on any atom is 0.149 e. The van der Waals surface area contributed by atoms with Gasteiger partial charge >= 0.3 is 0 Å². The third-order valence-electron chi connectivity index (χ3n) is 9.68. The van der Waals surface area contributed by atoms with Gasteiger partial charge in [0.1, 0.15) is 11.6 Å². The number of para-hydroxylation sites is 2. The molecule has 0 radical (unpaired) electrons. The molecule has 2 heterocycles. The van der Waals surface area contributed by atoms with E-state index in [0.717, 1.165) is 50.1 Å². The van der Waals surface area contributed by atoms with Crippen molar-refractivity contribution in [1.29, 1.82) is 0 Å². The van der Waals surface area contributed by atoms with Crippen LogP contribution in [0.2, 0.25) is 0 Å². The topological polar surface area (TPSA) is 50.9 Å². The highest BCUT2D eigenvalue weighted by molar-refractivity contribution is 5.97. The molecule has 4 nitrogen and oxygen atoms in total. The summed E-state index contributed by atoms with van der Waals surface area (Å²) in [5.41, 5.74) is 9.37. The predicted molar refractivity (Wildman–Crippen MR) is 218 cm³/mol. The Kier molecular flexibility index (Phi) is 7.25. The molecule has 7 rings (SSSR count). The summed E-state index contributed by atoms with van der Waals surface area (Å²) >= 11 is 0. The molecule has 5 aromatic carbocycles. The number of imidazole rings is 1. The van der Waals surface area contributed by atoms with Crippen LogP contribution in [-0.2, 0) is 16.2 Å². The van der Waals surface area contributed by atoms with E-state index < -0.39 is 6.04 Å². The minimum atomic E-state index is -0.427. The van der Waals surface area contributed by atoms with E-state index in [-0.39, 0.29) is 51.7 Å². The van der Waals surface area contributed by atoms with E-state index in [2.05, 4.69) is 121 Å². The number of nitrogens with zero attached hydrogens (tertiary/aromatic N) is 3. The van der Waals surface area contributed by atoms with E-state index in [9.17, 15) is 5.11 Å². The number of phenols is 1. The second-order valence-corrected chi connectivity index (χ2v) is 16.7. The number of hydrogen-bond acceptors (Lipinski definition) is 3. The van der Waals surface area contributed by atoms with Gasteiger partial charge in [0.25, 0.3) is 0 Å². The Morgan fingerprint density at radius 2 is 1.27 bits per heavy atom. The van der Waals surface area contributed by atoms with E-state index in [1.807, 2.05) is 24.3 Å². The van der Waals surface area contributed by atoms with Gasteiger partial charge in [-0.1, -0.05) is 135 Å². The van der Waals surface area contributed by atoms with E-state index in [1.54, 1.807) is 18.3 Å². The number of phenolic OH excluding ortho intramolecular Hbond substituents is 1. The Balaban J connectivity index is 1.50. The Morgan fingerprint density at radius 1 is 0.596 bits per heavy atom.